The van der Waals surface area contributed by atoms with Crippen LogP contribution in [-0.4, -0.2) is 13.1 Å². The van der Waals surface area contributed by atoms with Crippen molar-refractivity contribution in [1.29, 1.82) is 0 Å². The topological polar surface area (TPSA) is 38.3 Å². The third kappa shape index (κ3) is 5.60. The predicted molar refractivity (Wildman–Crippen MR) is 79.3 cm³/mol. The molecular weight excluding hydrogens is 238 g/mol. The van der Waals surface area contributed by atoms with Crippen molar-refractivity contribution in [2.45, 2.75) is 39.0 Å². The highest BCUT2D eigenvalue weighted by Gasteiger charge is 2.09. The van der Waals surface area contributed by atoms with Crippen LogP contribution in [0.5, 0.6) is 0 Å². The van der Waals surface area contributed by atoms with Gasteiger partial charge in [-0.15, -0.1) is 0 Å². The Morgan fingerprint density at radius 3 is 2.79 bits per heavy atom. The Bertz CT molecular complexity index is 413. The average Bonchev–Trinajstić information content (AvgIpc) is 2.46. The molecular formula is C16H23NO2. The van der Waals surface area contributed by atoms with Gasteiger partial charge >= 0.3 is 5.97 Å². The first-order chi connectivity index (χ1) is 9.29. The van der Waals surface area contributed by atoms with Gasteiger partial charge in [-0.3, -0.25) is 0 Å². The molecule has 0 spiro atoms. The number of allylic oxidation sites excluding steroid dienone is 1. The lowest BCUT2D eigenvalue weighted by molar-refractivity contribution is 0.0602. The molecule has 0 aromatic heterocycles. The standard InChI is InChI=1S/C16H23NO2/c1-3-4-5-6-7-10-13-17-15-12-9-8-11-14(15)16(18)19-2/h8-13,17H,3-7H2,1-2H3/b13-10+. The summed E-state index contributed by atoms with van der Waals surface area (Å²) in [4.78, 5) is 11.6. The van der Waals surface area contributed by atoms with Gasteiger partial charge in [0.25, 0.3) is 0 Å². The molecule has 104 valence electrons. The minimum atomic E-state index is -0.320. The van der Waals surface area contributed by atoms with Crippen molar-refractivity contribution < 1.29 is 9.53 Å². The van der Waals surface area contributed by atoms with E-state index in [1.807, 2.05) is 24.4 Å². The molecule has 19 heavy (non-hydrogen) atoms. The maximum absolute atomic E-state index is 11.6. The maximum atomic E-state index is 11.6. The van der Waals surface area contributed by atoms with E-state index in [1.165, 1.54) is 32.8 Å². The van der Waals surface area contributed by atoms with Crippen molar-refractivity contribution in [2.75, 3.05) is 12.4 Å². The Hall–Kier alpha value is -1.77. The van der Waals surface area contributed by atoms with Crippen LogP contribution < -0.4 is 5.32 Å². The highest BCUT2D eigenvalue weighted by molar-refractivity contribution is 5.95. The summed E-state index contributed by atoms with van der Waals surface area (Å²) in [6.45, 7) is 2.21. The molecule has 1 N–H and O–H groups in total. The summed E-state index contributed by atoms with van der Waals surface area (Å²) in [5.74, 6) is -0.320. The summed E-state index contributed by atoms with van der Waals surface area (Å²) in [6.07, 6.45) is 10.1. The summed E-state index contributed by atoms with van der Waals surface area (Å²) >= 11 is 0. The van der Waals surface area contributed by atoms with Crippen LogP contribution >= 0.6 is 0 Å². The summed E-state index contributed by atoms with van der Waals surface area (Å²) < 4.78 is 4.75. The molecule has 0 saturated heterocycles. The van der Waals surface area contributed by atoms with Crippen molar-refractivity contribution in [3.8, 4) is 0 Å². The first kappa shape index (κ1) is 15.3. The van der Waals surface area contributed by atoms with Crippen LogP contribution in [-0.2, 0) is 4.74 Å². The van der Waals surface area contributed by atoms with Gasteiger partial charge in [0, 0.05) is 0 Å². The van der Waals surface area contributed by atoms with Gasteiger partial charge in [0.1, 0.15) is 0 Å². The molecule has 1 aromatic rings. The number of benzene rings is 1. The number of esters is 1. The van der Waals surface area contributed by atoms with Crippen molar-refractivity contribution in [3.05, 3.63) is 42.1 Å². The average molecular weight is 261 g/mol. The monoisotopic (exact) mass is 261 g/mol. The smallest absolute Gasteiger partial charge is 0.339 e. The zero-order valence-corrected chi connectivity index (χ0v) is 11.8. The second kappa shape index (κ2) is 9.20. The summed E-state index contributed by atoms with van der Waals surface area (Å²) in [7, 11) is 1.39. The molecule has 3 nitrogen and oxygen atoms in total. The number of unbranched alkanes of at least 4 members (excludes halogenated alkanes) is 4. The van der Waals surface area contributed by atoms with Gasteiger partial charge in [0.15, 0.2) is 0 Å². The fourth-order valence-electron chi connectivity index (χ4n) is 1.82. The van der Waals surface area contributed by atoms with Crippen molar-refractivity contribution in [1.82, 2.24) is 0 Å². The number of para-hydroxylation sites is 1. The molecule has 0 unspecified atom stereocenters. The van der Waals surface area contributed by atoms with Gasteiger partial charge in [-0.25, -0.2) is 4.79 Å². The molecule has 1 aromatic carbocycles. The molecule has 0 aliphatic rings. The first-order valence-corrected chi connectivity index (χ1v) is 6.88. The van der Waals surface area contributed by atoms with Crippen LogP contribution in [0.2, 0.25) is 0 Å². The van der Waals surface area contributed by atoms with Crippen molar-refractivity contribution in [3.63, 3.8) is 0 Å². The van der Waals surface area contributed by atoms with E-state index in [4.69, 9.17) is 4.74 Å². The van der Waals surface area contributed by atoms with Crippen LogP contribution in [0.3, 0.4) is 0 Å². The molecule has 0 fully saturated rings. The van der Waals surface area contributed by atoms with Crippen LogP contribution in [0.25, 0.3) is 0 Å². The number of methoxy groups -OCH3 is 1. The zero-order valence-electron chi connectivity index (χ0n) is 11.8. The Morgan fingerprint density at radius 2 is 2.05 bits per heavy atom. The zero-order chi connectivity index (χ0) is 13.9. The fourth-order valence-corrected chi connectivity index (χ4v) is 1.82. The Kier molecular flexibility index (Phi) is 7.40. The lowest BCUT2D eigenvalue weighted by atomic mass is 10.1. The fraction of sp³-hybridized carbons (Fsp3) is 0.438. The Labute approximate surface area is 115 Å². The van der Waals surface area contributed by atoms with Gasteiger partial charge in [-0.05, 0) is 31.2 Å². The number of hydrogen-bond donors (Lipinski definition) is 1. The second-order valence-corrected chi connectivity index (χ2v) is 4.43. The molecule has 0 aliphatic heterocycles. The number of anilines is 1. The quantitative estimate of drug-likeness (QED) is 0.558. The van der Waals surface area contributed by atoms with E-state index in [0.29, 0.717) is 5.56 Å². The molecule has 0 aliphatic carbocycles. The van der Waals surface area contributed by atoms with Crippen LogP contribution in [0, 0.1) is 0 Å². The van der Waals surface area contributed by atoms with Crippen molar-refractivity contribution >= 4 is 11.7 Å². The number of ether oxygens (including phenoxy) is 1. The molecule has 3 heteroatoms. The van der Waals surface area contributed by atoms with Gasteiger partial charge in [-0.2, -0.15) is 0 Å². The predicted octanol–water partition coefficient (Wildman–Crippen LogP) is 4.37. The molecule has 0 heterocycles. The lowest BCUT2D eigenvalue weighted by Gasteiger charge is -2.06. The molecule has 0 amide bonds. The Morgan fingerprint density at radius 1 is 1.26 bits per heavy atom. The van der Waals surface area contributed by atoms with E-state index < -0.39 is 0 Å². The molecule has 0 radical (unpaired) electrons. The van der Waals surface area contributed by atoms with Crippen LogP contribution in [0.1, 0.15) is 49.4 Å². The summed E-state index contributed by atoms with van der Waals surface area (Å²) in [5, 5.41) is 3.14. The molecule has 0 bridgehead atoms. The maximum Gasteiger partial charge on any atom is 0.339 e. The van der Waals surface area contributed by atoms with Crippen LogP contribution in [0.15, 0.2) is 36.5 Å². The van der Waals surface area contributed by atoms with E-state index in [2.05, 4.69) is 18.3 Å². The minimum Gasteiger partial charge on any atom is -0.465 e. The molecule has 0 atom stereocenters. The second-order valence-electron chi connectivity index (χ2n) is 4.43. The first-order valence-electron chi connectivity index (χ1n) is 6.88. The molecule has 1 rings (SSSR count). The van der Waals surface area contributed by atoms with Gasteiger partial charge in [-0.1, -0.05) is 44.4 Å². The number of rotatable bonds is 8. The van der Waals surface area contributed by atoms with Gasteiger partial charge < -0.3 is 10.1 Å². The van der Waals surface area contributed by atoms with Gasteiger partial charge in [0.05, 0.1) is 18.4 Å². The normalized spacial score (nSPS) is 10.6. The van der Waals surface area contributed by atoms with Crippen molar-refractivity contribution in [2.24, 2.45) is 0 Å². The number of carbonyl (C=O) groups is 1. The minimum absolute atomic E-state index is 0.320. The third-order valence-corrected chi connectivity index (χ3v) is 2.91. The highest BCUT2D eigenvalue weighted by atomic mass is 16.5. The summed E-state index contributed by atoms with van der Waals surface area (Å²) in [5.41, 5.74) is 1.33. The number of nitrogens with one attached hydrogen (secondary N) is 1. The summed E-state index contributed by atoms with van der Waals surface area (Å²) in [6, 6.07) is 7.34. The SMILES string of the molecule is CCCCCC/C=C/Nc1ccccc1C(=O)OC. The molecule has 0 saturated carbocycles. The van der Waals surface area contributed by atoms with Gasteiger partial charge in [0.2, 0.25) is 0 Å². The third-order valence-electron chi connectivity index (χ3n) is 2.91. The van der Waals surface area contributed by atoms with E-state index in [1.54, 1.807) is 6.07 Å². The number of carbonyl (C=O) groups excluding carboxylic acids is 1. The number of hydrogen-bond acceptors (Lipinski definition) is 3. The lowest BCUT2D eigenvalue weighted by Crippen LogP contribution is -2.04. The van der Waals surface area contributed by atoms with E-state index in [9.17, 15) is 4.79 Å². The highest BCUT2D eigenvalue weighted by Crippen LogP contribution is 2.16. The van der Waals surface area contributed by atoms with Crippen LogP contribution in [0.4, 0.5) is 5.69 Å². The largest absolute Gasteiger partial charge is 0.465 e. The van der Waals surface area contributed by atoms with E-state index in [0.717, 1.165) is 12.1 Å². The van der Waals surface area contributed by atoms with E-state index in [-0.39, 0.29) is 5.97 Å². The van der Waals surface area contributed by atoms with E-state index >= 15 is 0 Å². The Balaban J connectivity index is 2.44.